The number of hydrogen-bond donors (Lipinski definition) is 1. The number of aldehydes is 1. The summed E-state index contributed by atoms with van der Waals surface area (Å²) in [7, 11) is 1.76. The minimum Gasteiger partial charge on any atom is -0.362 e. The molecule has 0 bridgehead atoms. The summed E-state index contributed by atoms with van der Waals surface area (Å²) in [6.07, 6.45) is 6.18. The van der Waals surface area contributed by atoms with Crippen LogP contribution in [0, 0.1) is 13.8 Å². The van der Waals surface area contributed by atoms with E-state index in [0.29, 0.717) is 41.8 Å². The highest BCUT2D eigenvalue weighted by Crippen LogP contribution is 2.44. The van der Waals surface area contributed by atoms with E-state index in [1.807, 2.05) is 32.2 Å². The number of thioether (sulfide) groups is 1. The van der Waals surface area contributed by atoms with Gasteiger partial charge in [0, 0.05) is 24.1 Å². The first-order valence-electron chi connectivity index (χ1n) is 12.7. The van der Waals surface area contributed by atoms with Crippen LogP contribution in [0.5, 0.6) is 0 Å². The Balaban J connectivity index is 1.71. The topological polar surface area (TPSA) is 109 Å². The normalized spacial score (nSPS) is 14.3. The fourth-order valence-electron chi connectivity index (χ4n) is 3.96. The van der Waals surface area contributed by atoms with Gasteiger partial charge >= 0.3 is 0 Å². The van der Waals surface area contributed by atoms with Crippen LogP contribution in [0.15, 0.2) is 34.5 Å². The first-order valence-corrected chi connectivity index (χ1v) is 13.7. The van der Waals surface area contributed by atoms with Gasteiger partial charge in [0.1, 0.15) is 18.7 Å². The zero-order chi connectivity index (χ0) is 27.2. The molecule has 0 aromatic carbocycles. The minimum absolute atomic E-state index is 0.110. The highest BCUT2D eigenvalue weighted by molar-refractivity contribution is 7.99. The Morgan fingerprint density at radius 3 is 2.66 bits per heavy atom. The van der Waals surface area contributed by atoms with Gasteiger partial charge in [-0.1, -0.05) is 6.92 Å². The molecule has 0 amide bonds. The number of anilines is 1. The molecule has 0 aliphatic heterocycles. The summed E-state index contributed by atoms with van der Waals surface area (Å²) in [4.78, 5) is 42.3. The summed E-state index contributed by atoms with van der Waals surface area (Å²) in [6.45, 7) is 7.33. The van der Waals surface area contributed by atoms with Gasteiger partial charge in [0.05, 0.1) is 40.9 Å². The first-order chi connectivity index (χ1) is 18.4. The average Bonchev–Trinajstić information content (AvgIpc) is 3.77. The van der Waals surface area contributed by atoms with Crippen LogP contribution < -0.4 is 10.2 Å². The Morgan fingerprint density at radius 2 is 2.03 bits per heavy atom. The Kier molecular flexibility index (Phi) is 8.98. The van der Waals surface area contributed by atoms with E-state index >= 15 is 0 Å². The second-order valence-corrected chi connectivity index (χ2v) is 10.6. The number of hydrogen-bond acceptors (Lipinski definition) is 9. The standard InChI is InChI=1S/C27H33FN8OS/c1-6-38-21-10-9-20(29-13-21)12-30-22(14-37)34-24-18(4)33-26(35-27(24)36(5)16(2)11-28)23-17(3)31-15-32-25(23)19-7-8-19/h9-10,13-16,19H,6-8,11-12H2,1-5H3,(H,30,34)/t16-/m0/s1. The molecule has 1 fully saturated rings. The number of carbonyl (C=O) groups is 1. The number of carbonyl (C=O) groups excluding carboxylic acids is 1. The maximum atomic E-state index is 13.7. The summed E-state index contributed by atoms with van der Waals surface area (Å²) in [5, 5.41) is 3.05. The molecule has 0 spiro atoms. The van der Waals surface area contributed by atoms with Crippen molar-refractivity contribution in [2.24, 2.45) is 4.99 Å². The molecule has 4 rings (SSSR count). The third-order valence-corrected chi connectivity index (χ3v) is 7.28. The van der Waals surface area contributed by atoms with E-state index in [1.165, 1.54) is 0 Å². The molecule has 1 atom stereocenters. The van der Waals surface area contributed by atoms with E-state index in [9.17, 15) is 9.18 Å². The molecule has 0 saturated heterocycles. The summed E-state index contributed by atoms with van der Waals surface area (Å²) in [5.41, 5.74) is 4.27. The van der Waals surface area contributed by atoms with Crippen LogP contribution in [0.1, 0.15) is 55.4 Å². The molecule has 11 heteroatoms. The van der Waals surface area contributed by atoms with Crippen LogP contribution in [0.25, 0.3) is 11.4 Å². The maximum absolute atomic E-state index is 13.7. The van der Waals surface area contributed by atoms with Crippen molar-refractivity contribution in [1.29, 1.82) is 0 Å². The Labute approximate surface area is 226 Å². The van der Waals surface area contributed by atoms with Crippen molar-refractivity contribution in [3.05, 3.63) is 47.4 Å². The number of aromatic nitrogens is 5. The zero-order valence-electron chi connectivity index (χ0n) is 22.4. The number of halogens is 1. The smallest absolute Gasteiger partial charge is 0.185 e. The largest absolute Gasteiger partial charge is 0.362 e. The average molecular weight is 537 g/mol. The first kappa shape index (κ1) is 27.6. The van der Waals surface area contributed by atoms with Gasteiger partial charge in [0.2, 0.25) is 0 Å². The van der Waals surface area contributed by atoms with Crippen LogP contribution in [0.2, 0.25) is 0 Å². The van der Waals surface area contributed by atoms with E-state index in [4.69, 9.17) is 9.97 Å². The van der Waals surface area contributed by atoms with Crippen molar-refractivity contribution in [2.45, 2.75) is 63.9 Å². The lowest BCUT2D eigenvalue weighted by molar-refractivity contribution is -0.102. The van der Waals surface area contributed by atoms with Gasteiger partial charge in [-0.25, -0.2) is 29.3 Å². The van der Waals surface area contributed by atoms with Crippen LogP contribution in [-0.4, -0.2) is 62.6 Å². The summed E-state index contributed by atoms with van der Waals surface area (Å²) in [5.74, 6) is 2.36. The van der Waals surface area contributed by atoms with Gasteiger partial charge in [-0.3, -0.25) is 9.78 Å². The van der Waals surface area contributed by atoms with Crippen LogP contribution >= 0.6 is 11.8 Å². The molecule has 0 unspecified atom stereocenters. The summed E-state index contributed by atoms with van der Waals surface area (Å²) < 4.78 is 13.7. The van der Waals surface area contributed by atoms with Crippen molar-refractivity contribution >= 4 is 35.4 Å². The maximum Gasteiger partial charge on any atom is 0.185 e. The Hall–Kier alpha value is -3.47. The van der Waals surface area contributed by atoms with E-state index in [1.54, 1.807) is 37.0 Å². The molecule has 3 aromatic rings. The molecule has 1 N–H and O–H groups in total. The number of aliphatic imine (C=N–C) groups is 1. The molecule has 1 aliphatic carbocycles. The second-order valence-electron chi connectivity index (χ2n) is 9.30. The second kappa shape index (κ2) is 12.4. The number of rotatable bonds is 11. The van der Waals surface area contributed by atoms with E-state index in [0.717, 1.165) is 46.1 Å². The van der Waals surface area contributed by atoms with Crippen molar-refractivity contribution in [3.8, 4) is 11.4 Å². The van der Waals surface area contributed by atoms with Crippen molar-refractivity contribution in [2.75, 3.05) is 24.4 Å². The fourth-order valence-corrected chi connectivity index (χ4v) is 4.59. The predicted molar refractivity (Wildman–Crippen MR) is 149 cm³/mol. The lowest BCUT2D eigenvalue weighted by Crippen LogP contribution is -2.32. The molecule has 1 saturated carbocycles. The number of nitrogens with one attached hydrogen (secondary N) is 1. The predicted octanol–water partition coefficient (Wildman–Crippen LogP) is 4.75. The van der Waals surface area contributed by atoms with Gasteiger partial charge in [0.25, 0.3) is 0 Å². The molecular weight excluding hydrogens is 503 g/mol. The van der Waals surface area contributed by atoms with Crippen molar-refractivity contribution in [1.82, 2.24) is 30.2 Å². The molecule has 9 nitrogen and oxygen atoms in total. The molecule has 38 heavy (non-hydrogen) atoms. The fraction of sp³-hybridized carbons (Fsp3) is 0.444. The highest BCUT2D eigenvalue weighted by atomic mass is 32.2. The summed E-state index contributed by atoms with van der Waals surface area (Å²) in [6, 6.07) is 3.46. The Morgan fingerprint density at radius 1 is 1.24 bits per heavy atom. The van der Waals surface area contributed by atoms with Crippen molar-refractivity contribution in [3.63, 3.8) is 0 Å². The molecule has 1 aliphatic rings. The number of nitrogens with zero attached hydrogens (tertiary/aromatic N) is 7. The van der Waals surface area contributed by atoms with E-state index in [-0.39, 0.29) is 5.84 Å². The third-order valence-electron chi connectivity index (χ3n) is 6.42. The van der Waals surface area contributed by atoms with Gasteiger partial charge < -0.3 is 10.2 Å². The van der Waals surface area contributed by atoms with Gasteiger partial charge in [-0.2, -0.15) is 0 Å². The Bertz CT molecular complexity index is 1310. The van der Waals surface area contributed by atoms with E-state index < -0.39 is 12.7 Å². The monoisotopic (exact) mass is 536 g/mol. The number of alkyl halides is 1. The number of pyridine rings is 1. The molecule has 200 valence electrons. The number of amidine groups is 1. The van der Waals surface area contributed by atoms with Crippen molar-refractivity contribution < 1.29 is 9.18 Å². The van der Waals surface area contributed by atoms with Gasteiger partial charge in [-0.05, 0) is 51.5 Å². The minimum atomic E-state index is -0.574. The molecule has 3 heterocycles. The lowest BCUT2D eigenvalue weighted by Gasteiger charge is -2.26. The lowest BCUT2D eigenvalue weighted by atomic mass is 10.1. The van der Waals surface area contributed by atoms with E-state index in [2.05, 4.69) is 32.2 Å². The van der Waals surface area contributed by atoms with Gasteiger partial charge in [-0.15, -0.1) is 11.8 Å². The highest BCUT2D eigenvalue weighted by Gasteiger charge is 2.31. The van der Waals surface area contributed by atoms with Crippen LogP contribution in [0.4, 0.5) is 15.9 Å². The van der Waals surface area contributed by atoms with Gasteiger partial charge in [0.15, 0.2) is 23.8 Å². The summed E-state index contributed by atoms with van der Waals surface area (Å²) >= 11 is 1.71. The molecule has 0 radical (unpaired) electrons. The quantitative estimate of drug-likeness (QED) is 0.161. The number of aryl methyl sites for hydroxylation is 2. The van der Waals surface area contributed by atoms with Crippen LogP contribution in [0.3, 0.4) is 0 Å². The third kappa shape index (κ3) is 6.32. The molecule has 3 aromatic heterocycles. The van der Waals surface area contributed by atoms with Crippen LogP contribution in [-0.2, 0) is 11.3 Å². The SMILES string of the molecule is CCSc1ccc(CN/C(C=O)=N/c2c(C)nc(-c3c(C)ncnc3C3CC3)nc2N(C)[C@@H](C)CF)nc1. The molecular formula is C27H33FN8OS. The zero-order valence-corrected chi connectivity index (χ0v) is 23.2.